The van der Waals surface area contributed by atoms with Gasteiger partial charge in [-0.05, 0) is 38.8 Å². The molecule has 2 aliphatic rings. The van der Waals surface area contributed by atoms with Crippen molar-refractivity contribution in [2.45, 2.75) is 50.3 Å². The fraction of sp³-hybridized carbons (Fsp3) is 0.400. The number of aromatic nitrogens is 6. The summed E-state index contributed by atoms with van der Waals surface area (Å²) in [6.45, 7) is 2.73. The number of rotatable bonds is 11. The van der Waals surface area contributed by atoms with E-state index in [2.05, 4.69) is 40.2 Å². The largest absolute Gasteiger partial charge is 0.389 e. The van der Waals surface area contributed by atoms with Gasteiger partial charge in [-0.3, -0.25) is 14.5 Å². The van der Waals surface area contributed by atoms with Gasteiger partial charge in [-0.15, -0.1) is 0 Å². The molecule has 0 spiro atoms. The van der Waals surface area contributed by atoms with Crippen LogP contribution in [0, 0.1) is 5.82 Å². The molecule has 4 heterocycles. The standard InChI is InChI=1S/C30H31ClF3N9O2/c1-41(17-30(45)6-7-30)16-20-3-2-8-43(20)29-36-9-18(10-37-29)14-42-15-19(11-38-42)39-28(44)24-13-35-12-23(40-24)25-21(27(33)34)4-5-22(31)26(25)32/h4-5,9-13,15,20,27,45H,2-3,6-8,14,16-17H2,1H3,(H,39,44)/t20-/m0/s1. The number of nitrogens with zero attached hydrogens (tertiary/aromatic N) is 8. The molecule has 2 N–H and O–H groups in total. The van der Waals surface area contributed by atoms with Gasteiger partial charge < -0.3 is 20.2 Å². The van der Waals surface area contributed by atoms with Gasteiger partial charge in [-0.1, -0.05) is 17.7 Å². The Morgan fingerprint density at radius 2 is 1.98 bits per heavy atom. The number of hydrogen-bond donors (Lipinski definition) is 2. The van der Waals surface area contributed by atoms with Crippen LogP contribution in [0.25, 0.3) is 11.3 Å². The zero-order chi connectivity index (χ0) is 31.7. The van der Waals surface area contributed by atoms with E-state index in [9.17, 15) is 23.1 Å². The van der Waals surface area contributed by atoms with Crippen molar-refractivity contribution in [3.8, 4) is 11.3 Å². The van der Waals surface area contributed by atoms with E-state index < -0.39 is 34.9 Å². The molecule has 4 aromatic rings. The fourth-order valence-electron chi connectivity index (χ4n) is 5.60. The predicted octanol–water partition coefficient (Wildman–Crippen LogP) is 4.59. The number of aliphatic hydroxyl groups is 1. The molecule has 1 atom stereocenters. The Kier molecular flexibility index (Phi) is 8.71. The van der Waals surface area contributed by atoms with E-state index >= 15 is 0 Å². The van der Waals surface area contributed by atoms with Crippen LogP contribution in [0.4, 0.5) is 24.8 Å². The lowest BCUT2D eigenvalue weighted by Crippen LogP contribution is -2.42. The molecule has 45 heavy (non-hydrogen) atoms. The normalized spacial score (nSPS) is 17.3. The van der Waals surface area contributed by atoms with Gasteiger partial charge in [-0.25, -0.2) is 28.1 Å². The Morgan fingerprint density at radius 3 is 2.71 bits per heavy atom. The number of carbonyl (C=O) groups excluding carboxylic acids is 1. The quantitative estimate of drug-likeness (QED) is 0.242. The molecule has 0 bridgehead atoms. The van der Waals surface area contributed by atoms with E-state index in [1.165, 1.54) is 6.20 Å². The SMILES string of the molecule is CN(C[C@@H]1CCCN1c1ncc(Cn2cc(NC(=O)c3cncc(-c4c(C(F)F)ccc(Cl)c4F)n3)cn2)cn1)CC1(O)CC1. The summed E-state index contributed by atoms with van der Waals surface area (Å²) in [7, 11) is 2.04. The van der Waals surface area contributed by atoms with Gasteiger partial charge in [0.2, 0.25) is 5.95 Å². The van der Waals surface area contributed by atoms with Crippen molar-refractivity contribution in [2.24, 2.45) is 0 Å². The fourth-order valence-corrected chi connectivity index (χ4v) is 5.75. The Balaban J connectivity index is 1.08. The van der Waals surface area contributed by atoms with Crippen LogP contribution in [0.15, 0.2) is 49.3 Å². The lowest BCUT2D eigenvalue weighted by atomic mass is 10.0. The Bertz CT molecular complexity index is 1680. The monoisotopic (exact) mass is 641 g/mol. The predicted molar refractivity (Wildman–Crippen MR) is 161 cm³/mol. The topological polar surface area (TPSA) is 125 Å². The Labute approximate surface area is 262 Å². The van der Waals surface area contributed by atoms with Crippen LogP contribution < -0.4 is 10.2 Å². The van der Waals surface area contributed by atoms with Crippen LogP contribution in [-0.2, 0) is 6.54 Å². The highest BCUT2D eigenvalue weighted by atomic mass is 35.5. The van der Waals surface area contributed by atoms with E-state index in [1.807, 2.05) is 7.05 Å². The van der Waals surface area contributed by atoms with Crippen molar-refractivity contribution in [3.05, 3.63) is 77.0 Å². The second kappa shape index (κ2) is 12.7. The number of carbonyl (C=O) groups is 1. The smallest absolute Gasteiger partial charge is 0.275 e. The molecule has 1 aromatic carbocycles. The molecule has 1 amide bonds. The highest BCUT2D eigenvalue weighted by Crippen LogP contribution is 2.36. The van der Waals surface area contributed by atoms with Crippen molar-refractivity contribution in [1.29, 1.82) is 0 Å². The first-order valence-electron chi connectivity index (χ1n) is 14.5. The molecule has 0 unspecified atom stereocenters. The van der Waals surface area contributed by atoms with Crippen molar-refractivity contribution in [3.63, 3.8) is 0 Å². The van der Waals surface area contributed by atoms with Crippen LogP contribution in [0.2, 0.25) is 5.02 Å². The summed E-state index contributed by atoms with van der Waals surface area (Å²) in [6.07, 6.45) is 9.61. The number of halogens is 4. The van der Waals surface area contributed by atoms with Crippen molar-refractivity contribution in [1.82, 2.24) is 34.6 Å². The second-order valence-electron chi connectivity index (χ2n) is 11.6. The first-order valence-corrected chi connectivity index (χ1v) is 14.9. The first-order chi connectivity index (χ1) is 21.6. The molecule has 236 valence electrons. The minimum absolute atomic E-state index is 0.210. The van der Waals surface area contributed by atoms with E-state index in [0.717, 1.165) is 68.9 Å². The number of amides is 1. The third-order valence-electron chi connectivity index (χ3n) is 7.96. The zero-order valence-corrected chi connectivity index (χ0v) is 25.1. The van der Waals surface area contributed by atoms with Crippen molar-refractivity contribution in [2.75, 3.05) is 36.9 Å². The van der Waals surface area contributed by atoms with E-state index in [4.69, 9.17) is 11.6 Å². The van der Waals surface area contributed by atoms with Gasteiger partial charge in [0.15, 0.2) is 5.82 Å². The molecule has 6 rings (SSSR count). The average Bonchev–Trinajstić information content (AvgIpc) is 3.34. The molecule has 3 aromatic heterocycles. The minimum atomic E-state index is -2.99. The number of likely N-dealkylation sites (N-methyl/N-ethyl adjacent to an activating group) is 1. The Morgan fingerprint density at radius 1 is 1.20 bits per heavy atom. The van der Waals surface area contributed by atoms with Gasteiger partial charge in [-0.2, -0.15) is 5.10 Å². The first kappa shape index (κ1) is 30.9. The maximum atomic E-state index is 14.7. The van der Waals surface area contributed by atoms with Crippen LogP contribution >= 0.6 is 11.6 Å². The molecule has 2 fully saturated rings. The molecule has 1 saturated heterocycles. The third kappa shape index (κ3) is 7.08. The average molecular weight is 642 g/mol. The summed E-state index contributed by atoms with van der Waals surface area (Å²) >= 11 is 5.81. The van der Waals surface area contributed by atoms with Gasteiger partial charge >= 0.3 is 0 Å². The van der Waals surface area contributed by atoms with E-state index in [-0.39, 0.29) is 22.5 Å². The molecular weight excluding hydrogens is 611 g/mol. The molecule has 1 saturated carbocycles. The number of alkyl halides is 2. The van der Waals surface area contributed by atoms with Crippen molar-refractivity contribution < 1.29 is 23.1 Å². The molecule has 1 aliphatic heterocycles. The molecule has 0 radical (unpaired) electrons. The summed E-state index contributed by atoms with van der Waals surface area (Å²) in [4.78, 5) is 34.5. The van der Waals surface area contributed by atoms with E-state index in [1.54, 1.807) is 23.3 Å². The number of hydrogen-bond acceptors (Lipinski definition) is 9. The summed E-state index contributed by atoms with van der Waals surface area (Å²) in [6, 6.07) is 2.33. The van der Waals surface area contributed by atoms with Gasteiger partial charge in [0.25, 0.3) is 12.3 Å². The highest BCUT2D eigenvalue weighted by molar-refractivity contribution is 6.31. The maximum absolute atomic E-state index is 14.7. The van der Waals surface area contributed by atoms with Crippen LogP contribution in [-0.4, -0.2) is 84.0 Å². The summed E-state index contributed by atoms with van der Waals surface area (Å²) in [5, 5.41) is 16.8. The van der Waals surface area contributed by atoms with Crippen LogP contribution in [0.3, 0.4) is 0 Å². The van der Waals surface area contributed by atoms with Gasteiger partial charge in [0.1, 0.15) is 5.69 Å². The molecule has 11 nitrogen and oxygen atoms in total. The number of anilines is 2. The zero-order valence-electron chi connectivity index (χ0n) is 24.4. The van der Waals surface area contributed by atoms with Gasteiger partial charge in [0.05, 0.1) is 47.1 Å². The van der Waals surface area contributed by atoms with Crippen LogP contribution in [0.1, 0.15) is 53.7 Å². The highest BCUT2D eigenvalue weighted by Gasteiger charge is 2.41. The van der Waals surface area contributed by atoms with E-state index in [0.29, 0.717) is 24.7 Å². The number of benzene rings is 1. The van der Waals surface area contributed by atoms with Crippen LogP contribution in [0.5, 0.6) is 0 Å². The lowest BCUT2D eigenvalue weighted by molar-refractivity contribution is 0.101. The second-order valence-corrected chi connectivity index (χ2v) is 12.0. The third-order valence-corrected chi connectivity index (χ3v) is 8.25. The molecule has 15 heteroatoms. The minimum Gasteiger partial charge on any atom is -0.389 e. The molecule has 1 aliphatic carbocycles. The number of nitrogens with one attached hydrogen (secondary N) is 1. The summed E-state index contributed by atoms with van der Waals surface area (Å²) in [5.41, 5.74) is -0.945. The summed E-state index contributed by atoms with van der Waals surface area (Å²) in [5.74, 6) is -1.10. The van der Waals surface area contributed by atoms with Gasteiger partial charge in [0, 0.05) is 61.0 Å². The summed E-state index contributed by atoms with van der Waals surface area (Å²) < 4.78 is 43.4. The maximum Gasteiger partial charge on any atom is 0.275 e. The molecular formula is C30H31ClF3N9O2. The Hall–Kier alpha value is -4.14. The van der Waals surface area contributed by atoms with Crippen molar-refractivity contribution >= 4 is 29.1 Å². The lowest BCUT2D eigenvalue weighted by Gasteiger charge is -2.29.